The van der Waals surface area contributed by atoms with Crippen LogP contribution in [0.4, 0.5) is 5.69 Å². The van der Waals surface area contributed by atoms with Gasteiger partial charge in [0.25, 0.3) is 15.6 Å². The van der Waals surface area contributed by atoms with Crippen molar-refractivity contribution < 1.29 is 13.2 Å². The van der Waals surface area contributed by atoms with Crippen LogP contribution < -0.4 is 15.0 Å². The molecule has 1 heterocycles. The summed E-state index contributed by atoms with van der Waals surface area (Å²) in [6.45, 7) is 2.20. The zero-order valence-electron chi connectivity index (χ0n) is 14.3. The molecule has 0 unspecified atom stereocenters. The minimum Gasteiger partial charge on any atom is -0.492 e. The summed E-state index contributed by atoms with van der Waals surface area (Å²) in [7, 11) is -3.99. The Bertz CT molecular complexity index is 1110. The molecule has 0 saturated carbocycles. The van der Waals surface area contributed by atoms with E-state index in [1.54, 1.807) is 30.3 Å². The number of nitrogens with zero attached hydrogens (tertiary/aromatic N) is 1. The van der Waals surface area contributed by atoms with E-state index >= 15 is 0 Å². The fourth-order valence-corrected chi connectivity index (χ4v) is 4.00. The Balaban J connectivity index is 2.01. The van der Waals surface area contributed by atoms with Gasteiger partial charge in [-0.3, -0.25) is 9.52 Å². The highest BCUT2D eigenvalue weighted by atomic mass is 35.5. The van der Waals surface area contributed by atoms with Crippen LogP contribution in [0.15, 0.2) is 64.3 Å². The van der Waals surface area contributed by atoms with E-state index in [4.69, 9.17) is 16.3 Å². The summed E-state index contributed by atoms with van der Waals surface area (Å²) >= 11 is 6.13. The van der Waals surface area contributed by atoms with Gasteiger partial charge >= 0.3 is 0 Å². The van der Waals surface area contributed by atoms with Gasteiger partial charge in [0.05, 0.1) is 23.0 Å². The van der Waals surface area contributed by atoms with Crippen LogP contribution in [0.3, 0.4) is 0 Å². The van der Waals surface area contributed by atoms with Crippen molar-refractivity contribution in [2.45, 2.75) is 11.8 Å². The Morgan fingerprint density at radius 1 is 1.15 bits per heavy atom. The third-order valence-electron chi connectivity index (χ3n) is 3.63. The standard InChI is InChI=1S/C18H16ClN3O4S/c1-2-26-16-6-4-3-5-15(16)22-27(24,25)17-11-12(7-8-13(17)19)14-9-10-18(23)21-20-14/h3-11,22H,2H2,1H3,(H,21,23). The predicted molar refractivity (Wildman–Crippen MR) is 104 cm³/mol. The summed E-state index contributed by atoms with van der Waals surface area (Å²) in [4.78, 5) is 11.1. The first-order valence-electron chi connectivity index (χ1n) is 8.01. The molecule has 0 aliphatic carbocycles. The second kappa shape index (κ2) is 7.81. The van der Waals surface area contributed by atoms with E-state index in [2.05, 4.69) is 14.9 Å². The van der Waals surface area contributed by atoms with Crippen LogP contribution in [-0.4, -0.2) is 25.2 Å². The SMILES string of the molecule is CCOc1ccccc1NS(=O)(=O)c1cc(-c2ccc(=O)[nH]n2)ccc1Cl. The van der Waals surface area contributed by atoms with Crippen LogP contribution in [0.5, 0.6) is 5.75 Å². The van der Waals surface area contributed by atoms with Crippen molar-refractivity contribution in [3.63, 3.8) is 0 Å². The summed E-state index contributed by atoms with van der Waals surface area (Å²) in [6, 6.07) is 14.0. The largest absolute Gasteiger partial charge is 0.492 e. The Kier molecular flexibility index (Phi) is 5.48. The zero-order chi connectivity index (χ0) is 19.4. The second-order valence-corrected chi connectivity index (χ2v) is 7.54. The van der Waals surface area contributed by atoms with Crippen molar-refractivity contribution in [2.24, 2.45) is 0 Å². The van der Waals surface area contributed by atoms with Crippen LogP contribution in [0.1, 0.15) is 6.92 Å². The van der Waals surface area contributed by atoms with Gasteiger partial charge in [-0.05, 0) is 37.3 Å². The zero-order valence-corrected chi connectivity index (χ0v) is 15.8. The normalized spacial score (nSPS) is 11.2. The van der Waals surface area contributed by atoms with Gasteiger partial charge in [-0.1, -0.05) is 29.8 Å². The van der Waals surface area contributed by atoms with Crippen LogP contribution in [0.2, 0.25) is 5.02 Å². The molecule has 0 aliphatic rings. The number of hydrogen-bond acceptors (Lipinski definition) is 5. The highest BCUT2D eigenvalue weighted by molar-refractivity contribution is 7.92. The number of benzene rings is 2. The maximum Gasteiger partial charge on any atom is 0.264 e. The number of halogens is 1. The maximum absolute atomic E-state index is 12.9. The molecule has 140 valence electrons. The van der Waals surface area contributed by atoms with Crippen molar-refractivity contribution in [1.29, 1.82) is 0 Å². The van der Waals surface area contributed by atoms with Crippen LogP contribution in [0, 0.1) is 0 Å². The Morgan fingerprint density at radius 3 is 2.63 bits per heavy atom. The summed E-state index contributed by atoms with van der Waals surface area (Å²) in [6.07, 6.45) is 0. The lowest BCUT2D eigenvalue weighted by Gasteiger charge is -2.14. The minimum absolute atomic E-state index is 0.0598. The van der Waals surface area contributed by atoms with E-state index in [0.717, 1.165) is 0 Å². The quantitative estimate of drug-likeness (QED) is 0.655. The molecule has 9 heteroatoms. The predicted octanol–water partition coefficient (Wildman–Crippen LogP) is 3.29. The topological polar surface area (TPSA) is 101 Å². The number of hydrogen-bond donors (Lipinski definition) is 2. The first-order valence-corrected chi connectivity index (χ1v) is 9.87. The first kappa shape index (κ1) is 18.9. The molecular weight excluding hydrogens is 390 g/mol. The number of ether oxygens (including phenoxy) is 1. The molecular formula is C18H16ClN3O4S. The van der Waals surface area contributed by atoms with Crippen LogP contribution in [0.25, 0.3) is 11.3 Å². The van der Waals surface area contributed by atoms with Gasteiger partial charge in [0, 0.05) is 11.6 Å². The highest BCUT2D eigenvalue weighted by Crippen LogP contribution is 2.31. The molecule has 0 saturated heterocycles. The number of aromatic nitrogens is 2. The van der Waals surface area contributed by atoms with Gasteiger partial charge in [0.15, 0.2) is 0 Å². The molecule has 0 atom stereocenters. The Hall–Kier alpha value is -2.84. The summed E-state index contributed by atoms with van der Waals surface area (Å²) in [5.41, 5.74) is 0.865. The van der Waals surface area contributed by atoms with Gasteiger partial charge in [0.1, 0.15) is 10.6 Å². The number of sulfonamides is 1. The van der Waals surface area contributed by atoms with Crippen LogP contribution >= 0.6 is 11.6 Å². The molecule has 2 N–H and O–H groups in total. The van der Waals surface area contributed by atoms with Crippen molar-refractivity contribution in [3.8, 4) is 17.0 Å². The minimum atomic E-state index is -3.99. The molecule has 0 spiro atoms. The number of H-pyrrole nitrogens is 1. The third-order valence-corrected chi connectivity index (χ3v) is 5.47. The fraction of sp³-hybridized carbons (Fsp3) is 0.111. The number of rotatable bonds is 6. The summed E-state index contributed by atoms with van der Waals surface area (Å²) in [5.74, 6) is 0.415. The van der Waals surface area contributed by atoms with Crippen molar-refractivity contribution in [2.75, 3.05) is 11.3 Å². The smallest absolute Gasteiger partial charge is 0.264 e. The summed E-state index contributed by atoms with van der Waals surface area (Å²) < 4.78 is 33.7. The maximum atomic E-state index is 12.9. The average molecular weight is 406 g/mol. The monoisotopic (exact) mass is 405 g/mol. The van der Waals surface area contributed by atoms with Gasteiger partial charge in [-0.15, -0.1) is 0 Å². The molecule has 0 aliphatic heterocycles. The molecule has 1 aromatic heterocycles. The van der Waals surface area contributed by atoms with E-state index in [1.165, 1.54) is 24.3 Å². The highest BCUT2D eigenvalue weighted by Gasteiger charge is 2.21. The lowest BCUT2D eigenvalue weighted by molar-refractivity contribution is 0.342. The van der Waals surface area contributed by atoms with Crippen LogP contribution in [-0.2, 0) is 10.0 Å². The molecule has 7 nitrogen and oxygen atoms in total. The van der Waals surface area contributed by atoms with Crippen molar-refractivity contribution in [3.05, 3.63) is 70.0 Å². The average Bonchev–Trinajstić information content (AvgIpc) is 2.64. The Morgan fingerprint density at radius 2 is 1.93 bits per heavy atom. The Labute approximate surface area is 161 Å². The van der Waals surface area contributed by atoms with E-state index in [0.29, 0.717) is 29.3 Å². The molecule has 0 fully saturated rings. The molecule has 3 aromatic rings. The van der Waals surface area contributed by atoms with Gasteiger partial charge in [0.2, 0.25) is 0 Å². The lowest BCUT2D eigenvalue weighted by atomic mass is 10.1. The molecule has 0 radical (unpaired) electrons. The van der Waals surface area contributed by atoms with Crippen molar-refractivity contribution >= 4 is 27.3 Å². The van der Waals surface area contributed by atoms with E-state index in [9.17, 15) is 13.2 Å². The number of nitrogens with one attached hydrogen (secondary N) is 2. The van der Waals surface area contributed by atoms with Crippen molar-refractivity contribution in [1.82, 2.24) is 10.2 Å². The second-order valence-electron chi connectivity index (χ2n) is 5.49. The van der Waals surface area contributed by atoms with Gasteiger partial charge < -0.3 is 4.74 Å². The molecule has 0 amide bonds. The van der Waals surface area contributed by atoms with Gasteiger partial charge in [-0.25, -0.2) is 13.5 Å². The first-order chi connectivity index (χ1) is 12.9. The molecule has 0 bridgehead atoms. The molecule has 3 rings (SSSR count). The van der Waals surface area contributed by atoms with E-state index in [-0.39, 0.29) is 15.5 Å². The number of para-hydroxylation sites is 2. The lowest BCUT2D eigenvalue weighted by Crippen LogP contribution is -2.14. The van der Waals surface area contributed by atoms with Gasteiger partial charge in [-0.2, -0.15) is 5.10 Å². The third kappa shape index (κ3) is 4.29. The number of anilines is 1. The number of aromatic amines is 1. The fourth-order valence-electron chi connectivity index (χ4n) is 2.41. The van der Waals surface area contributed by atoms with E-state index in [1.807, 2.05) is 6.92 Å². The van der Waals surface area contributed by atoms with E-state index < -0.39 is 10.0 Å². The molecule has 27 heavy (non-hydrogen) atoms. The summed E-state index contributed by atoms with van der Waals surface area (Å²) in [5, 5.41) is 6.28. The molecule has 2 aromatic carbocycles.